The number of carbonyl (C=O) groups is 1. The molecule has 19 heavy (non-hydrogen) atoms. The summed E-state index contributed by atoms with van der Waals surface area (Å²) >= 11 is 8.45. The number of halogens is 1. The Labute approximate surface area is 123 Å². The predicted octanol–water partition coefficient (Wildman–Crippen LogP) is 1.63. The second-order valence-corrected chi connectivity index (χ2v) is 5.02. The van der Waals surface area contributed by atoms with E-state index in [2.05, 4.69) is 26.3 Å². The molecule has 1 aromatic carbocycles. The normalized spacial score (nSPS) is 10.2. The van der Waals surface area contributed by atoms with Gasteiger partial charge in [0, 0.05) is 23.3 Å². The minimum atomic E-state index is -0.245. The van der Waals surface area contributed by atoms with E-state index in [1.165, 1.54) is 0 Å². The smallest absolute Gasteiger partial charge is 0.271 e. The van der Waals surface area contributed by atoms with Crippen molar-refractivity contribution in [1.29, 1.82) is 0 Å². The van der Waals surface area contributed by atoms with Gasteiger partial charge in [0.1, 0.15) is 4.99 Å². The number of nitrogens with one attached hydrogen (secondary N) is 1. The molecule has 0 bridgehead atoms. The standard InChI is InChI=1S/C12H11BrN4OS/c1-15-12(18)8-5-6-17(16-8)9-4-2-3-7(13)10(9)11(14)19/h2-6H,1H3,(H2,14,19)(H,15,18). The molecule has 1 aromatic heterocycles. The van der Waals surface area contributed by atoms with Gasteiger partial charge in [-0.05, 0) is 34.1 Å². The minimum Gasteiger partial charge on any atom is -0.389 e. The van der Waals surface area contributed by atoms with Crippen molar-refractivity contribution in [3.63, 3.8) is 0 Å². The zero-order valence-corrected chi connectivity index (χ0v) is 12.5. The first kappa shape index (κ1) is 13.7. The second kappa shape index (κ2) is 5.50. The highest BCUT2D eigenvalue weighted by Gasteiger charge is 2.14. The Hall–Kier alpha value is -1.73. The van der Waals surface area contributed by atoms with Crippen LogP contribution in [0.4, 0.5) is 0 Å². The summed E-state index contributed by atoms with van der Waals surface area (Å²) in [5.41, 5.74) is 7.46. The van der Waals surface area contributed by atoms with E-state index in [0.717, 1.165) is 10.2 Å². The number of rotatable bonds is 3. The molecule has 7 heteroatoms. The Morgan fingerprint density at radius 2 is 2.21 bits per heavy atom. The van der Waals surface area contributed by atoms with E-state index in [1.54, 1.807) is 24.0 Å². The average molecular weight is 339 g/mol. The van der Waals surface area contributed by atoms with Gasteiger partial charge in [0.2, 0.25) is 0 Å². The van der Waals surface area contributed by atoms with Gasteiger partial charge in [0.25, 0.3) is 5.91 Å². The lowest BCUT2D eigenvalue weighted by atomic mass is 10.2. The highest BCUT2D eigenvalue weighted by Crippen LogP contribution is 2.23. The second-order valence-electron chi connectivity index (χ2n) is 3.72. The predicted molar refractivity (Wildman–Crippen MR) is 80.5 cm³/mol. The maximum absolute atomic E-state index is 11.5. The van der Waals surface area contributed by atoms with E-state index >= 15 is 0 Å². The van der Waals surface area contributed by atoms with Crippen LogP contribution in [0.3, 0.4) is 0 Å². The van der Waals surface area contributed by atoms with Gasteiger partial charge in [0.05, 0.1) is 5.69 Å². The van der Waals surface area contributed by atoms with Crippen molar-refractivity contribution in [3.05, 3.63) is 46.2 Å². The Morgan fingerprint density at radius 1 is 1.47 bits per heavy atom. The molecule has 1 amide bonds. The molecule has 0 saturated carbocycles. The molecule has 0 spiro atoms. The van der Waals surface area contributed by atoms with Crippen LogP contribution < -0.4 is 11.1 Å². The van der Waals surface area contributed by atoms with Crippen LogP contribution >= 0.6 is 28.1 Å². The van der Waals surface area contributed by atoms with Gasteiger partial charge in [0.15, 0.2) is 5.69 Å². The molecule has 2 rings (SSSR count). The summed E-state index contributed by atoms with van der Waals surface area (Å²) in [4.78, 5) is 11.8. The minimum absolute atomic E-state index is 0.245. The first-order valence-corrected chi connectivity index (χ1v) is 6.61. The number of hydrogen-bond acceptors (Lipinski definition) is 3. The van der Waals surface area contributed by atoms with E-state index in [-0.39, 0.29) is 10.9 Å². The molecular weight excluding hydrogens is 328 g/mol. The van der Waals surface area contributed by atoms with Crippen LogP contribution in [0.15, 0.2) is 34.9 Å². The van der Waals surface area contributed by atoms with E-state index in [4.69, 9.17) is 18.0 Å². The summed E-state index contributed by atoms with van der Waals surface area (Å²) in [5.74, 6) is -0.245. The van der Waals surface area contributed by atoms with Gasteiger partial charge in [-0.3, -0.25) is 4.79 Å². The fraction of sp³-hybridized carbons (Fsp3) is 0.0833. The van der Waals surface area contributed by atoms with E-state index in [9.17, 15) is 4.79 Å². The van der Waals surface area contributed by atoms with Crippen LogP contribution in [-0.2, 0) is 0 Å². The molecule has 2 aromatic rings. The van der Waals surface area contributed by atoms with Crippen LogP contribution in [-0.4, -0.2) is 27.7 Å². The Bertz CT molecular complexity index is 653. The lowest BCUT2D eigenvalue weighted by molar-refractivity contribution is 0.0957. The molecule has 0 fully saturated rings. The van der Waals surface area contributed by atoms with Crippen LogP contribution in [0.2, 0.25) is 0 Å². The van der Waals surface area contributed by atoms with Crippen molar-refractivity contribution in [3.8, 4) is 5.69 Å². The Balaban J connectivity index is 2.53. The summed E-state index contributed by atoms with van der Waals surface area (Å²) in [6, 6.07) is 7.16. The molecule has 0 aliphatic carbocycles. The van der Waals surface area contributed by atoms with Gasteiger partial charge < -0.3 is 11.1 Å². The summed E-state index contributed by atoms with van der Waals surface area (Å²) in [6.45, 7) is 0. The summed E-state index contributed by atoms with van der Waals surface area (Å²) < 4.78 is 2.36. The lowest BCUT2D eigenvalue weighted by Gasteiger charge is -2.10. The largest absolute Gasteiger partial charge is 0.389 e. The molecule has 0 radical (unpaired) electrons. The number of benzene rings is 1. The number of hydrogen-bond donors (Lipinski definition) is 2. The first-order chi connectivity index (χ1) is 9.04. The van der Waals surface area contributed by atoms with Crippen LogP contribution in [0.1, 0.15) is 16.1 Å². The number of aromatic nitrogens is 2. The number of carbonyl (C=O) groups excluding carboxylic acids is 1. The summed E-state index contributed by atoms with van der Waals surface area (Å²) in [5, 5.41) is 6.72. The molecule has 3 N–H and O–H groups in total. The number of thiocarbonyl (C=S) groups is 1. The molecular formula is C12H11BrN4OS. The van der Waals surface area contributed by atoms with Gasteiger partial charge in [-0.15, -0.1) is 0 Å². The fourth-order valence-corrected chi connectivity index (χ4v) is 2.57. The zero-order chi connectivity index (χ0) is 14.0. The summed E-state index contributed by atoms with van der Waals surface area (Å²) in [7, 11) is 1.56. The van der Waals surface area contributed by atoms with E-state index in [0.29, 0.717) is 11.3 Å². The third-order valence-electron chi connectivity index (χ3n) is 2.53. The average Bonchev–Trinajstić information content (AvgIpc) is 2.86. The molecule has 0 aliphatic heterocycles. The van der Waals surface area contributed by atoms with Crippen LogP contribution in [0, 0.1) is 0 Å². The lowest BCUT2D eigenvalue weighted by Crippen LogP contribution is -2.19. The number of nitrogens with zero attached hydrogens (tertiary/aromatic N) is 2. The molecule has 98 valence electrons. The topological polar surface area (TPSA) is 72.9 Å². The quantitative estimate of drug-likeness (QED) is 0.834. The maximum atomic E-state index is 11.5. The Morgan fingerprint density at radius 3 is 2.84 bits per heavy atom. The van der Waals surface area contributed by atoms with Crippen molar-refractivity contribution >= 4 is 39.0 Å². The Kier molecular flexibility index (Phi) is 3.96. The molecule has 0 aliphatic rings. The first-order valence-electron chi connectivity index (χ1n) is 5.41. The molecule has 0 saturated heterocycles. The fourth-order valence-electron chi connectivity index (χ4n) is 1.65. The van der Waals surface area contributed by atoms with Gasteiger partial charge in [-0.2, -0.15) is 5.10 Å². The van der Waals surface area contributed by atoms with Crippen LogP contribution in [0.5, 0.6) is 0 Å². The highest BCUT2D eigenvalue weighted by molar-refractivity contribution is 9.10. The zero-order valence-electron chi connectivity index (χ0n) is 10.1. The number of amides is 1. The van der Waals surface area contributed by atoms with Crippen molar-refractivity contribution in [2.75, 3.05) is 7.05 Å². The summed E-state index contributed by atoms with van der Waals surface area (Å²) in [6.07, 6.45) is 1.69. The van der Waals surface area contributed by atoms with Gasteiger partial charge in [-0.1, -0.05) is 18.3 Å². The highest BCUT2D eigenvalue weighted by atomic mass is 79.9. The van der Waals surface area contributed by atoms with Crippen LogP contribution in [0.25, 0.3) is 5.69 Å². The third kappa shape index (κ3) is 2.66. The van der Waals surface area contributed by atoms with Gasteiger partial charge in [-0.25, -0.2) is 4.68 Å². The van der Waals surface area contributed by atoms with Gasteiger partial charge >= 0.3 is 0 Å². The van der Waals surface area contributed by atoms with Crippen molar-refractivity contribution in [2.24, 2.45) is 5.73 Å². The third-order valence-corrected chi connectivity index (χ3v) is 3.40. The van der Waals surface area contributed by atoms with Crippen molar-refractivity contribution < 1.29 is 4.79 Å². The molecule has 5 nitrogen and oxygen atoms in total. The SMILES string of the molecule is CNC(=O)c1ccn(-c2cccc(Br)c2C(N)=S)n1. The maximum Gasteiger partial charge on any atom is 0.271 e. The molecule has 0 atom stereocenters. The molecule has 1 heterocycles. The van der Waals surface area contributed by atoms with Crippen molar-refractivity contribution in [1.82, 2.24) is 15.1 Å². The number of nitrogens with two attached hydrogens (primary N) is 1. The van der Waals surface area contributed by atoms with Crippen molar-refractivity contribution in [2.45, 2.75) is 0 Å². The molecule has 0 unspecified atom stereocenters. The monoisotopic (exact) mass is 338 g/mol. The van der Waals surface area contributed by atoms with E-state index < -0.39 is 0 Å². The van der Waals surface area contributed by atoms with E-state index in [1.807, 2.05) is 18.2 Å².